The fourth-order valence-corrected chi connectivity index (χ4v) is 3.78. The molecule has 0 aliphatic rings. The summed E-state index contributed by atoms with van der Waals surface area (Å²) >= 11 is 2.36. The molecule has 1 rings (SSSR count). The number of hydrogen-bond donors (Lipinski definition) is 0. The van der Waals surface area contributed by atoms with E-state index in [1.165, 1.54) is 28.4 Å². The van der Waals surface area contributed by atoms with Gasteiger partial charge in [0.05, 0.1) is 12.7 Å². The number of unbranched alkanes of at least 4 members (excludes halogenated alkanes) is 2. The van der Waals surface area contributed by atoms with Crippen molar-refractivity contribution in [2.45, 2.75) is 58.5 Å². The highest BCUT2D eigenvalue weighted by atomic mass is 127. The molecule has 0 aliphatic carbocycles. The first-order valence-corrected chi connectivity index (χ1v) is 10.3. The van der Waals surface area contributed by atoms with Gasteiger partial charge < -0.3 is 13.6 Å². The Morgan fingerprint density at radius 1 is 1.18 bits per heavy atom. The van der Waals surface area contributed by atoms with Crippen LogP contribution < -0.4 is 0 Å². The highest BCUT2D eigenvalue weighted by Gasteiger charge is 2.17. The van der Waals surface area contributed by atoms with E-state index in [1.54, 1.807) is 7.11 Å². The molecule has 0 bridgehead atoms. The number of hydrogen-bond acceptors (Lipinski definition) is 3. The minimum atomic E-state index is -1.23. The van der Waals surface area contributed by atoms with Crippen LogP contribution in [0.1, 0.15) is 51.5 Å². The molecule has 0 amide bonds. The first kappa shape index (κ1) is 20.3. The molecule has 1 aromatic carbocycles. The van der Waals surface area contributed by atoms with Crippen molar-refractivity contribution in [2.75, 3.05) is 13.7 Å². The topological polar surface area (TPSA) is 27.7 Å². The molecule has 0 N–H and O–H groups in total. The highest BCUT2D eigenvalue weighted by Crippen LogP contribution is 2.41. The predicted molar refractivity (Wildman–Crippen MR) is 102 cm³/mol. The largest absolute Gasteiger partial charge is 0.332 e. The molecule has 0 aromatic heterocycles. The second kappa shape index (κ2) is 12.7. The van der Waals surface area contributed by atoms with E-state index < -0.39 is 8.60 Å². The third-order valence-corrected chi connectivity index (χ3v) is 5.71. The molecule has 0 fully saturated rings. The lowest BCUT2D eigenvalue weighted by Gasteiger charge is -2.21. The van der Waals surface area contributed by atoms with Crippen LogP contribution in [0.3, 0.4) is 0 Å². The Morgan fingerprint density at radius 3 is 2.59 bits per heavy atom. The maximum absolute atomic E-state index is 5.98. The van der Waals surface area contributed by atoms with E-state index >= 15 is 0 Å². The Balaban J connectivity index is 2.33. The minimum Gasteiger partial charge on any atom is -0.316 e. The lowest BCUT2D eigenvalue weighted by molar-refractivity contribution is 0.121. The average Bonchev–Trinajstić information content (AvgIpc) is 2.54. The van der Waals surface area contributed by atoms with Crippen molar-refractivity contribution in [3.05, 3.63) is 33.4 Å². The molecule has 1 aromatic rings. The lowest BCUT2D eigenvalue weighted by Crippen LogP contribution is -2.11. The molecule has 2 atom stereocenters. The van der Waals surface area contributed by atoms with Gasteiger partial charge in [-0.2, -0.15) is 0 Å². The van der Waals surface area contributed by atoms with E-state index in [0.29, 0.717) is 6.61 Å². The van der Waals surface area contributed by atoms with Crippen LogP contribution in [0.5, 0.6) is 0 Å². The quantitative estimate of drug-likeness (QED) is 0.224. The van der Waals surface area contributed by atoms with Crippen LogP contribution >= 0.6 is 31.2 Å². The molecule has 3 nitrogen and oxygen atoms in total. The van der Waals surface area contributed by atoms with E-state index in [2.05, 4.69) is 60.7 Å². The van der Waals surface area contributed by atoms with Crippen LogP contribution in [-0.2, 0) is 20.0 Å². The van der Waals surface area contributed by atoms with E-state index in [4.69, 9.17) is 13.6 Å². The predicted octanol–water partition coefficient (Wildman–Crippen LogP) is 6.10. The van der Waals surface area contributed by atoms with Gasteiger partial charge in [-0.25, -0.2) is 0 Å². The van der Waals surface area contributed by atoms with Gasteiger partial charge in [-0.3, -0.25) is 0 Å². The van der Waals surface area contributed by atoms with Gasteiger partial charge in [0.15, 0.2) is 0 Å². The summed E-state index contributed by atoms with van der Waals surface area (Å²) in [5.74, 6) is 0. The van der Waals surface area contributed by atoms with Crippen molar-refractivity contribution in [1.82, 2.24) is 0 Å². The molecule has 22 heavy (non-hydrogen) atoms. The van der Waals surface area contributed by atoms with Gasteiger partial charge in [0.2, 0.25) is 0 Å². The van der Waals surface area contributed by atoms with Gasteiger partial charge >= 0.3 is 8.60 Å². The molecule has 0 heterocycles. The van der Waals surface area contributed by atoms with Crippen LogP contribution in [0.25, 0.3) is 0 Å². The first-order chi connectivity index (χ1) is 10.7. The van der Waals surface area contributed by atoms with Gasteiger partial charge in [-0.1, -0.05) is 51.3 Å². The molecule has 0 radical (unpaired) electrons. The van der Waals surface area contributed by atoms with E-state index in [0.717, 1.165) is 19.3 Å². The van der Waals surface area contributed by atoms with Crippen molar-refractivity contribution in [1.29, 1.82) is 0 Å². The Kier molecular flexibility index (Phi) is 11.7. The van der Waals surface area contributed by atoms with Crippen molar-refractivity contribution in [2.24, 2.45) is 0 Å². The maximum atomic E-state index is 5.98. The van der Waals surface area contributed by atoms with E-state index in [-0.39, 0.29) is 6.10 Å². The number of benzene rings is 1. The van der Waals surface area contributed by atoms with Crippen LogP contribution in [0.2, 0.25) is 0 Å². The lowest BCUT2D eigenvalue weighted by atomic mass is 10.1. The minimum absolute atomic E-state index is 0.245. The first-order valence-electron chi connectivity index (χ1n) is 8.08. The second-order valence-corrected chi connectivity index (χ2v) is 7.66. The van der Waals surface area contributed by atoms with E-state index in [9.17, 15) is 0 Å². The number of halogens is 1. The monoisotopic (exact) mass is 438 g/mol. The molecular weight excluding hydrogens is 410 g/mol. The summed E-state index contributed by atoms with van der Waals surface area (Å²) in [6, 6.07) is 8.38. The Hall–Kier alpha value is 0.260. The smallest absolute Gasteiger partial charge is 0.316 e. The normalized spacial score (nSPS) is 14.0. The van der Waals surface area contributed by atoms with Gasteiger partial charge in [-0.15, -0.1) is 0 Å². The van der Waals surface area contributed by atoms with E-state index in [1.807, 2.05) is 0 Å². The Morgan fingerprint density at radius 2 is 1.95 bits per heavy atom. The summed E-state index contributed by atoms with van der Waals surface area (Å²) in [7, 11) is 0.431. The van der Waals surface area contributed by atoms with Crippen molar-refractivity contribution >= 4 is 31.2 Å². The number of rotatable bonds is 12. The summed E-state index contributed by atoms with van der Waals surface area (Å²) < 4.78 is 18.4. The van der Waals surface area contributed by atoms with Crippen LogP contribution in [0.15, 0.2) is 24.3 Å². The molecule has 0 aliphatic heterocycles. The summed E-state index contributed by atoms with van der Waals surface area (Å²) in [4.78, 5) is 0. The molecular formula is C17H28IO3P. The van der Waals surface area contributed by atoms with Gasteiger partial charge in [0.25, 0.3) is 0 Å². The van der Waals surface area contributed by atoms with Gasteiger partial charge in [-0.05, 0) is 53.5 Å². The summed E-state index contributed by atoms with van der Waals surface area (Å²) in [6.45, 7) is 5.01. The van der Waals surface area contributed by atoms with Crippen molar-refractivity contribution in [3.8, 4) is 0 Å². The zero-order valence-corrected chi connectivity index (χ0v) is 16.9. The summed E-state index contributed by atoms with van der Waals surface area (Å²) in [5.41, 5.74) is 1.31. The molecule has 5 heteroatoms. The fraction of sp³-hybridized carbons (Fsp3) is 0.647. The Bertz CT molecular complexity index is 403. The maximum Gasteiger partial charge on any atom is 0.332 e. The molecule has 2 unspecified atom stereocenters. The molecule has 0 spiro atoms. The molecule has 0 saturated heterocycles. The highest BCUT2D eigenvalue weighted by molar-refractivity contribution is 14.1. The molecule has 0 saturated carbocycles. The van der Waals surface area contributed by atoms with Gasteiger partial charge in [0, 0.05) is 10.7 Å². The van der Waals surface area contributed by atoms with Crippen LogP contribution in [0.4, 0.5) is 0 Å². The third-order valence-electron chi connectivity index (χ3n) is 3.50. The average molecular weight is 438 g/mol. The SMILES string of the molecule is CCCCCC(CC)OP(OC)OCCc1ccccc1I. The third kappa shape index (κ3) is 8.21. The summed E-state index contributed by atoms with van der Waals surface area (Å²) in [6.07, 6.45) is 6.94. The Labute approximate surface area is 150 Å². The van der Waals surface area contributed by atoms with Crippen molar-refractivity contribution < 1.29 is 13.6 Å². The zero-order chi connectivity index (χ0) is 16.2. The summed E-state index contributed by atoms with van der Waals surface area (Å²) in [5, 5.41) is 0. The fourth-order valence-electron chi connectivity index (χ4n) is 2.13. The second-order valence-electron chi connectivity index (χ2n) is 5.21. The van der Waals surface area contributed by atoms with Crippen molar-refractivity contribution in [3.63, 3.8) is 0 Å². The standard InChI is InChI=1S/C17H28IO3P/c1-4-6-7-11-16(5-2)21-22(19-3)20-14-13-15-10-8-9-12-17(15)18/h8-10,12,16H,4-7,11,13-14H2,1-3H3. The molecule has 126 valence electrons. The van der Waals surface area contributed by atoms with Gasteiger partial charge in [0.1, 0.15) is 0 Å². The zero-order valence-electron chi connectivity index (χ0n) is 13.9. The van der Waals surface area contributed by atoms with Crippen LogP contribution in [0, 0.1) is 3.57 Å². The van der Waals surface area contributed by atoms with Crippen LogP contribution in [-0.4, -0.2) is 19.8 Å².